The van der Waals surface area contributed by atoms with E-state index in [0.717, 1.165) is 15.6 Å². The minimum atomic E-state index is -0.116. The number of ketones is 1. The maximum Gasteiger partial charge on any atom is 0.231 e. The van der Waals surface area contributed by atoms with Gasteiger partial charge in [-0.3, -0.25) is 4.79 Å². The summed E-state index contributed by atoms with van der Waals surface area (Å²) in [4.78, 5) is 12.6. The summed E-state index contributed by atoms with van der Waals surface area (Å²) in [7, 11) is 0. The lowest BCUT2D eigenvalue weighted by Crippen LogP contribution is -1.98. The van der Waals surface area contributed by atoms with E-state index in [9.17, 15) is 4.79 Å². The van der Waals surface area contributed by atoms with Crippen molar-refractivity contribution in [3.8, 4) is 11.5 Å². The van der Waals surface area contributed by atoms with Crippen LogP contribution in [0.4, 0.5) is 0 Å². The van der Waals surface area contributed by atoms with Gasteiger partial charge in [0.2, 0.25) is 5.78 Å². The molecule has 4 heteroatoms. The molecule has 27 heavy (non-hydrogen) atoms. The van der Waals surface area contributed by atoms with E-state index < -0.39 is 0 Å². The van der Waals surface area contributed by atoms with Gasteiger partial charge < -0.3 is 9.47 Å². The maximum absolute atomic E-state index is 12.6. The first-order chi connectivity index (χ1) is 13.1. The highest BCUT2D eigenvalue weighted by atomic mass is 79.9. The monoisotopic (exact) mass is 420 g/mol. The number of hydrogen-bond donors (Lipinski definition) is 0. The molecule has 1 aliphatic rings. The van der Waals surface area contributed by atoms with Crippen molar-refractivity contribution in [2.45, 2.75) is 13.5 Å². The van der Waals surface area contributed by atoms with Gasteiger partial charge in [0.15, 0.2) is 5.76 Å². The first kappa shape index (κ1) is 17.6. The fourth-order valence-electron chi connectivity index (χ4n) is 2.86. The zero-order valence-corrected chi connectivity index (χ0v) is 16.3. The number of fused-ring (bicyclic) bond motifs is 1. The normalized spacial score (nSPS) is 14.1. The average Bonchev–Trinajstić information content (AvgIpc) is 2.96. The lowest BCUT2D eigenvalue weighted by atomic mass is 10.1. The van der Waals surface area contributed by atoms with Crippen molar-refractivity contribution in [2.24, 2.45) is 0 Å². The second-order valence-electron chi connectivity index (χ2n) is 6.43. The Morgan fingerprint density at radius 1 is 1.04 bits per heavy atom. The first-order valence-electron chi connectivity index (χ1n) is 8.61. The van der Waals surface area contributed by atoms with Gasteiger partial charge in [-0.2, -0.15) is 0 Å². The molecule has 1 heterocycles. The van der Waals surface area contributed by atoms with Gasteiger partial charge in [0.1, 0.15) is 18.1 Å². The van der Waals surface area contributed by atoms with E-state index in [0.29, 0.717) is 29.4 Å². The molecule has 0 saturated carbocycles. The molecule has 0 amide bonds. The summed E-state index contributed by atoms with van der Waals surface area (Å²) in [6.07, 6.45) is 1.75. The van der Waals surface area contributed by atoms with Crippen LogP contribution in [-0.2, 0) is 6.61 Å². The molecule has 1 aliphatic heterocycles. The topological polar surface area (TPSA) is 35.5 Å². The maximum atomic E-state index is 12.6. The summed E-state index contributed by atoms with van der Waals surface area (Å²) in [5, 5.41) is 0. The van der Waals surface area contributed by atoms with Crippen LogP contribution in [0, 0.1) is 6.92 Å². The Hall–Kier alpha value is -2.85. The number of carbonyl (C=O) groups is 1. The van der Waals surface area contributed by atoms with E-state index in [1.165, 1.54) is 5.56 Å². The third-order valence-electron chi connectivity index (χ3n) is 4.31. The van der Waals surface area contributed by atoms with Crippen LogP contribution in [0.3, 0.4) is 0 Å². The Balaban J connectivity index is 1.51. The van der Waals surface area contributed by atoms with Crippen molar-refractivity contribution in [3.63, 3.8) is 0 Å². The zero-order chi connectivity index (χ0) is 18.8. The molecule has 3 nitrogen and oxygen atoms in total. The van der Waals surface area contributed by atoms with Crippen LogP contribution in [0.5, 0.6) is 11.5 Å². The van der Waals surface area contributed by atoms with Crippen LogP contribution in [0.2, 0.25) is 0 Å². The molecule has 0 radical (unpaired) electrons. The van der Waals surface area contributed by atoms with Gasteiger partial charge in [0.25, 0.3) is 0 Å². The molecule has 0 bridgehead atoms. The molecule has 0 aromatic heterocycles. The number of benzene rings is 3. The van der Waals surface area contributed by atoms with Crippen LogP contribution in [0.15, 0.2) is 77.0 Å². The molecule has 0 saturated heterocycles. The SMILES string of the molecule is Cc1ccc(COc2ccc3c(c2)OC(=Cc2cccc(Br)c2)C3=O)cc1. The number of Topliss-reactive ketones (excluding diaryl/α,β-unsaturated/α-hetero) is 1. The second-order valence-corrected chi connectivity index (χ2v) is 7.34. The van der Waals surface area contributed by atoms with Gasteiger partial charge in [-0.25, -0.2) is 0 Å². The number of allylic oxidation sites excluding steroid dienone is 1. The molecule has 3 aromatic rings. The van der Waals surface area contributed by atoms with Crippen molar-refractivity contribution in [2.75, 3.05) is 0 Å². The van der Waals surface area contributed by atoms with Crippen LogP contribution in [0.25, 0.3) is 6.08 Å². The Morgan fingerprint density at radius 2 is 1.85 bits per heavy atom. The van der Waals surface area contributed by atoms with E-state index in [4.69, 9.17) is 9.47 Å². The summed E-state index contributed by atoms with van der Waals surface area (Å²) in [6, 6.07) is 21.2. The second kappa shape index (κ2) is 7.41. The number of hydrogen-bond acceptors (Lipinski definition) is 3. The predicted octanol–water partition coefficient (Wildman–Crippen LogP) is 5.95. The summed E-state index contributed by atoms with van der Waals surface area (Å²) in [6.45, 7) is 2.52. The zero-order valence-electron chi connectivity index (χ0n) is 14.7. The number of ether oxygens (including phenoxy) is 2. The van der Waals surface area contributed by atoms with Gasteiger partial charge in [-0.15, -0.1) is 0 Å². The third kappa shape index (κ3) is 3.96. The van der Waals surface area contributed by atoms with Crippen LogP contribution >= 0.6 is 15.9 Å². The highest BCUT2D eigenvalue weighted by molar-refractivity contribution is 9.10. The van der Waals surface area contributed by atoms with Crippen molar-refractivity contribution in [3.05, 3.63) is 99.2 Å². The van der Waals surface area contributed by atoms with Gasteiger partial charge in [0.05, 0.1) is 5.56 Å². The Kier molecular flexibility index (Phi) is 4.82. The average molecular weight is 421 g/mol. The quantitative estimate of drug-likeness (QED) is 0.488. The molecule has 0 aliphatic carbocycles. The summed E-state index contributed by atoms with van der Waals surface area (Å²) in [5.74, 6) is 1.40. The Labute approximate surface area is 166 Å². The van der Waals surface area contributed by atoms with E-state index in [2.05, 4.69) is 35.0 Å². The third-order valence-corrected chi connectivity index (χ3v) is 4.81. The fourth-order valence-corrected chi connectivity index (χ4v) is 3.27. The van der Waals surface area contributed by atoms with Gasteiger partial charge >= 0.3 is 0 Å². The van der Waals surface area contributed by atoms with E-state index >= 15 is 0 Å². The predicted molar refractivity (Wildman–Crippen MR) is 109 cm³/mol. The molecule has 0 unspecified atom stereocenters. The lowest BCUT2D eigenvalue weighted by Gasteiger charge is -2.07. The van der Waals surface area contributed by atoms with Gasteiger partial charge in [0, 0.05) is 10.5 Å². The molecule has 4 rings (SSSR count). The molecule has 0 N–H and O–H groups in total. The van der Waals surface area contributed by atoms with Crippen molar-refractivity contribution >= 4 is 27.8 Å². The molecule has 3 aromatic carbocycles. The number of halogens is 1. The number of rotatable bonds is 4. The first-order valence-corrected chi connectivity index (χ1v) is 9.40. The van der Waals surface area contributed by atoms with Gasteiger partial charge in [-0.05, 0) is 48.4 Å². The standard InChI is InChI=1S/C23H17BrO3/c1-15-5-7-16(8-6-15)14-26-19-9-10-20-21(13-19)27-22(23(20)25)12-17-3-2-4-18(24)11-17/h2-13H,14H2,1H3. The lowest BCUT2D eigenvalue weighted by molar-refractivity contribution is 0.101. The fraction of sp³-hybridized carbons (Fsp3) is 0.0870. The highest BCUT2D eigenvalue weighted by Gasteiger charge is 2.27. The number of carbonyl (C=O) groups excluding carboxylic acids is 1. The number of aryl methyl sites for hydroxylation is 1. The molecular weight excluding hydrogens is 404 g/mol. The van der Waals surface area contributed by atoms with Crippen LogP contribution in [0.1, 0.15) is 27.0 Å². The van der Waals surface area contributed by atoms with Crippen LogP contribution in [-0.4, -0.2) is 5.78 Å². The minimum absolute atomic E-state index is 0.116. The smallest absolute Gasteiger partial charge is 0.231 e. The van der Waals surface area contributed by atoms with Crippen molar-refractivity contribution in [1.29, 1.82) is 0 Å². The largest absolute Gasteiger partial charge is 0.489 e. The molecular formula is C23H17BrO3. The summed E-state index contributed by atoms with van der Waals surface area (Å²) in [5.41, 5.74) is 3.76. The summed E-state index contributed by atoms with van der Waals surface area (Å²) >= 11 is 3.43. The molecule has 0 fully saturated rings. The Morgan fingerprint density at radius 3 is 2.63 bits per heavy atom. The molecule has 134 valence electrons. The van der Waals surface area contributed by atoms with E-state index in [-0.39, 0.29) is 5.78 Å². The highest BCUT2D eigenvalue weighted by Crippen LogP contribution is 2.35. The van der Waals surface area contributed by atoms with Crippen LogP contribution < -0.4 is 9.47 Å². The van der Waals surface area contributed by atoms with Crippen molar-refractivity contribution in [1.82, 2.24) is 0 Å². The van der Waals surface area contributed by atoms with E-state index in [1.807, 2.05) is 36.4 Å². The van der Waals surface area contributed by atoms with Gasteiger partial charge in [-0.1, -0.05) is 57.9 Å². The van der Waals surface area contributed by atoms with E-state index in [1.54, 1.807) is 24.3 Å². The van der Waals surface area contributed by atoms with Crippen molar-refractivity contribution < 1.29 is 14.3 Å². The molecule has 0 atom stereocenters. The summed E-state index contributed by atoms with van der Waals surface area (Å²) < 4.78 is 12.6. The minimum Gasteiger partial charge on any atom is -0.489 e. The Bertz CT molecular complexity index is 1040. The molecule has 0 spiro atoms.